The van der Waals surface area contributed by atoms with Crippen molar-refractivity contribution in [1.29, 1.82) is 5.26 Å². The lowest BCUT2D eigenvalue weighted by Gasteiger charge is -2.13. The minimum Gasteiger partial charge on any atom is -0.489 e. The van der Waals surface area contributed by atoms with E-state index in [1.165, 1.54) is 24.3 Å². The Kier molecular flexibility index (Phi) is 5.01. The second kappa shape index (κ2) is 7.25. The second-order valence-electron chi connectivity index (χ2n) is 5.38. The first-order valence-electron chi connectivity index (χ1n) is 7.39. The fourth-order valence-corrected chi connectivity index (χ4v) is 2.51. The van der Waals surface area contributed by atoms with Gasteiger partial charge in [-0.15, -0.1) is 5.10 Å². The van der Waals surface area contributed by atoms with Crippen LogP contribution in [0.3, 0.4) is 0 Å². The van der Waals surface area contributed by atoms with Crippen LogP contribution in [-0.4, -0.2) is 15.4 Å². The van der Waals surface area contributed by atoms with Gasteiger partial charge in [0.2, 0.25) is 0 Å². The van der Waals surface area contributed by atoms with E-state index in [2.05, 4.69) is 15.4 Å². The van der Waals surface area contributed by atoms with Gasteiger partial charge in [-0.05, 0) is 24.3 Å². The molecular formula is C17H9ClF4N4O. The molecule has 0 bridgehead atoms. The molecule has 5 nitrogen and oxygen atoms in total. The summed E-state index contributed by atoms with van der Waals surface area (Å²) in [5.41, 5.74) is -1.16. The number of aromatic nitrogens is 3. The molecule has 1 aromatic heterocycles. The quantitative estimate of drug-likeness (QED) is 0.647. The molecule has 1 heterocycles. The van der Waals surface area contributed by atoms with Crippen molar-refractivity contribution in [2.24, 2.45) is 0 Å². The van der Waals surface area contributed by atoms with Gasteiger partial charge in [-0.3, -0.25) is 0 Å². The van der Waals surface area contributed by atoms with Crippen molar-refractivity contribution in [3.05, 3.63) is 64.1 Å². The van der Waals surface area contributed by atoms with Crippen LogP contribution in [0.1, 0.15) is 16.8 Å². The minimum absolute atomic E-state index is 0.0170. The summed E-state index contributed by atoms with van der Waals surface area (Å²) in [6.45, 7) is -0.336. The van der Waals surface area contributed by atoms with E-state index in [0.717, 1.165) is 12.1 Å². The number of nitrogens with one attached hydrogen (secondary N) is 1. The number of aromatic amines is 1. The SMILES string of the molecule is N#Cc1n[nH]nc1-c1cc(OCc2cccc(Cl)c2F)cc(C(F)(F)F)c1. The zero-order chi connectivity index (χ0) is 19.6. The average Bonchev–Trinajstić information content (AvgIpc) is 3.11. The largest absolute Gasteiger partial charge is 0.489 e. The summed E-state index contributed by atoms with van der Waals surface area (Å²) in [7, 11) is 0. The number of benzene rings is 2. The van der Waals surface area contributed by atoms with E-state index in [1.807, 2.05) is 0 Å². The first-order chi connectivity index (χ1) is 12.8. The number of ether oxygens (including phenoxy) is 1. The van der Waals surface area contributed by atoms with Gasteiger partial charge >= 0.3 is 6.18 Å². The van der Waals surface area contributed by atoms with Crippen molar-refractivity contribution >= 4 is 11.6 Å². The Balaban J connectivity index is 1.98. The van der Waals surface area contributed by atoms with Crippen LogP contribution in [0.4, 0.5) is 17.6 Å². The van der Waals surface area contributed by atoms with Crippen LogP contribution >= 0.6 is 11.6 Å². The van der Waals surface area contributed by atoms with Crippen molar-refractivity contribution in [3.63, 3.8) is 0 Å². The molecular weight excluding hydrogens is 388 g/mol. The summed E-state index contributed by atoms with van der Waals surface area (Å²) in [4.78, 5) is 0. The Morgan fingerprint density at radius 2 is 1.96 bits per heavy atom. The summed E-state index contributed by atoms with van der Waals surface area (Å²) in [6.07, 6.45) is -4.66. The Hall–Kier alpha value is -3.12. The van der Waals surface area contributed by atoms with Gasteiger partial charge in [-0.2, -0.15) is 28.7 Å². The van der Waals surface area contributed by atoms with Crippen LogP contribution in [0.15, 0.2) is 36.4 Å². The van der Waals surface area contributed by atoms with Crippen LogP contribution < -0.4 is 4.74 Å². The molecule has 0 aliphatic rings. The van der Waals surface area contributed by atoms with Crippen molar-refractivity contribution in [1.82, 2.24) is 15.4 Å². The normalized spacial score (nSPS) is 11.3. The van der Waals surface area contributed by atoms with Gasteiger partial charge in [0, 0.05) is 11.1 Å². The molecule has 1 N–H and O–H groups in total. The maximum absolute atomic E-state index is 13.9. The zero-order valence-corrected chi connectivity index (χ0v) is 14.1. The third-order valence-electron chi connectivity index (χ3n) is 3.59. The molecule has 3 rings (SSSR count). The molecule has 2 aromatic carbocycles. The lowest BCUT2D eigenvalue weighted by atomic mass is 10.1. The Morgan fingerprint density at radius 3 is 2.67 bits per heavy atom. The topological polar surface area (TPSA) is 74.6 Å². The lowest BCUT2D eigenvalue weighted by molar-refractivity contribution is -0.137. The van der Waals surface area contributed by atoms with E-state index in [-0.39, 0.29) is 39.9 Å². The summed E-state index contributed by atoms with van der Waals surface area (Å²) >= 11 is 5.68. The first-order valence-corrected chi connectivity index (χ1v) is 7.76. The number of nitrogens with zero attached hydrogens (tertiary/aromatic N) is 3. The summed E-state index contributed by atoms with van der Waals surface area (Å²) in [6, 6.07) is 8.84. The molecule has 138 valence electrons. The molecule has 0 atom stereocenters. The predicted octanol–water partition coefficient (Wildman–Crippen LogP) is 4.73. The number of nitriles is 1. The van der Waals surface area contributed by atoms with Gasteiger partial charge in [-0.25, -0.2) is 4.39 Å². The van der Waals surface area contributed by atoms with E-state index in [4.69, 9.17) is 21.6 Å². The molecule has 0 unspecified atom stereocenters. The van der Waals surface area contributed by atoms with Gasteiger partial charge in [0.1, 0.15) is 29.9 Å². The molecule has 0 spiro atoms. The fourth-order valence-electron chi connectivity index (χ4n) is 2.31. The van der Waals surface area contributed by atoms with Crippen LogP contribution in [0, 0.1) is 17.1 Å². The highest BCUT2D eigenvalue weighted by atomic mass is 35.5. The van der Waals surface area contributed by atoms with Gasteiger partial charge in [-0.1, -0.05) is 23.7 Å². The predicted molar refractivity (Wildman–Crippen MR) is 87.3 cm³/mol. The number of hydrogen-bond donors (Lipinski definition) is 1. The van der Waals surface area contributed by atoms with Gasteiger partial charge < -0.3 is 4.74 Å². The highest BCUT2D eigenvalue weighted by Crippen LogP contribution is 2.36. The maximum atomic E-state index is 13.9. The van der Waals surface area contributed by atoms with Crippen LogP contribution in [0.2, 0.25) is 5.02 Å². The van der Waals surface area contributed by atoms with Crippen molar-refractivity contribution in [2.45, 2.75) is 12.8 Å². The molecule has 0 aliphatic heterocycles. The molecule has 0 saturated carbocycles. The third kappa shape index (κ3) is 4.01. The Labute approximate surface area is 155 Å². The third-order valence-corrected chi connectivity index (χ3v) is 3.88. The van der Waals surface area contributed by atoms with E-state index < -0.39 is 17.6 Å². The number of H-pyrrole nitrogens is 1. The fraction of sp³-hybridized carbons (Fsp3) is 0.118. The monoisotopic (exact) mass is 396 g/mol. The summed E-state index contributed by atoms with van der Waals surface area (Å²) in [5, 5.41) is 18.3. The number of halogens is 5. The van der Waals surface area contributed by atoms with Gasteiger partial charge in [0.25, 0.3) is 0 Å². The smallest absolute Gasteiger partial charge is 0.416 e. The molecule has 3 aromatic rings. The van der Waals surface area contributed by atoms with Crippen molar-refractivity contribution < 1.29 is 22.3 Å². The first kappa shape index (κ1) is 18.7. The van der Waals surface area contributed by atoms with Crippen LogP contribution in [0.25, 0.3) is 11.3 Å². The maximum Gasteiger partial charge on any atom is 0.416 e. The molecule has 10 heteroatoms. The van der Waals surface area contributed by atoms with Crippen molar-refractivity contribution in [3.8, 4) is 23.1 Å². The lowest BCUT2D eigenvalue weighted by Crippen LogP contribution is -2.07. The molecule has 0 fully saturated rings. The highest BCUT2D eigenvalue weighted by molar-refractivity contribution is 6.30. The van der Waals surface area contributed by atoms with Gasteiger partial charge in [0.05, 0.1) is 10.6 Å². The molecule has 0 saturated heterocycles. The van der Waals surface area contributed by atoms with E-state index in [1.54, 1.807) is 6.07 Å². The molecule has 0 radical (unpaired) electrons. The van der Waals surface area contributed by atoms with Crippen LogP contribution in [-0.2, 0) is 12.8 Å². The van der Waals surface area contributed by atoms with E-state index in [0.29, 0.717) is 0 Å². The molecule has 0 aliphatic carbocycles. The van der Waals surface area contributed by atoms with E-state index in [9.17, 15) is 17.6 Å². The standard InChI is InChI=1S/C17H9ClF4N4O/c18-13-3-1-2-9(15(13)19)8-27-12-5-10(4-11(6-12)17(20,21)22)16-14(7-23)24-26-25-16/h1-6H,8H2,(H,24,25,26). The zero-order valence-electron chi connectivity index (χ0n) is 13.3. The van der Waals surface area contributed by atoms with Crippen molar-refractivity contribution in [2.75, 3.05) is 0 Å². The minimum atomic E-state index is -4.66. The van der Waals surface area contributed by atoms with Gasteiger partial charge in [0.15, 0.2) is 5.69 Å². The Bertz CT molecular complexity index is 1030. The van der Waals surface area contributed by atoms with Crippen LogP contribution in [0.5, 0.6) is 5.75 Å². The molecule has 27 heavy (non-hydrogen) atoms. The summed E-state index contributed by atoms with van der Waals surface area (Å²) < 4.78 is 58.9. The molecule has 0 amide bonds. The second-order valence-corrected chi connectivity index (χ2v) is 5.79. The average molecular weight is 397 g/mol. The number of rotatable bonds is 4. The number of alkyl halides is 3. The number of hydrogen-bond acceptors (Lipinski definition) is 4. The summed E-state index contributed by atoms with van der Waals surface area (Å²) in [5.74, 6) is -0.888. The highest BCUT2D eigenvalue weighted by Gasteiger charge is 2.32. The Morgan fingerprint density at radius 1 is 1.19 bits per heavy atom. The van der Waals surface area contributed by atoms with E-state index >= 15 is 0 Å².